The molecular weight excluding hydrogens is 540 g/mol. The highest BCUT2D eigenvalue weighted by molar-refractivity contribution is 7.24. The average Bonchev–Trinajstić information content (AvgIpc) is 3.67. The first kappa shape index (κ1) is 26.8. The third kappa shape index (κ3) is 5.76. The first-order chi connectivity index (χ1) is 19.5. The van der Waals surface area contributed by atoms with Gasteiger partial charge in [-0.2, -0.15) is 5.26 Å². The number of aliphatic carboxylic acids is 1. The molecule has 0 amide bonds. The second-order valence-corrected chi connectivity index (χ2v) is 10.8. The summed E-state index contributed by atoms with van der Waals surface area (Å²) < 4.78 is 10.7. The summed E-state index contributed by atoms with van der Waals surface area (Å²) in [6, 6.07) is 34.0. The van der Waals surface area contributed by atoms with Gasteiger partial charge in [-0.05, 0) is 96.6 Å². The normalized spacial score (nSPS) is 11.1. The van der Waals surface area contributed by atoms with E-state index in [4.69, 9.17) is 19.8 Å². The SMILES string of the molecule is COc1ccc(N(c2ccc(OC)cc2)c2ccc(-c3ccc(-c4ccc(C=C(C#N)C(=O)O)s4)s3)cc2)cc1. The second-order valence-electron chi connectivity index (χ2n) is 8.62. The molecule has 5 rings (SSSR count). The fourth-order valence-corrected chi connectivity index (χ4v) is 6.21. The number of methoxy groups -OCH3 is 2. The monoisotopic (exact) mass is 564 g/mol. The van der Waals surface area contributed by atoms with Crippen molar-refractivity contribution < 1.29 is 19.4 Å². The van der Waals surface area contributed by atoms with Crippen molar-refractivity contribution >= 4 is 51.8 Å². The zero-order valence-electron chi connectivity index (χ0n) is 21.7. The Kier molecular flexibility index (Phi) is 7.97. The lowest BCUT2D eigenvalue weighted by Gasteiger charge is -2.26. The standard InChI is InChI=1S/C32H24N2O4S2/c1-37-26-11-7-24(8-12-26)34(25-9-13-27(38-2)14-10-25)23-5-3-21(4-6-23)29-17-18-31(40-29)30-16-15-28(39-30)19-22(20-33)32(35)36/h3-19H,1-2H3,(H,35,36). The van der Waals surface area contributed by atoms with Gasteiger partial charge in [0.25, 0.3) is 0 Å². The summed E-state index contributed by atoms with van der Waals surface area (Å²) in [6.07, 6.45) is 1.40. The molecule has 0 spiro atoms. The van der Waals surface area contributed by atoms with Gasteiger partial charge in [-0.1, -0.05) is 12.1 Å². The highest BCUT2D eigenvalue weighted by Gasteiger charge is 2.14. The minimum absolute atomic E-state index is 0.279. The van der Waals surface area contributed by atoms with E-state index in [1.807, 2.05) is 60.7 Å². The topological polar surface area (TPSA) is 82.8 Å². The van der Waals surface area contributed by atoms with Crippen LogP contribution in [-0.2, 0) is 4.79 Å². The molecule has 5 aromatic rings. The van der Waals surface area contributed by atoms with E-state index in [9.17, 15) is 4.79 Å². The van der Waals surface area contributed by atoms with Gasteiger partial charge >= 0.3 is 5.97 Å². The van der Waals surface area contributed by atoms with Crippen LogP contribution in [0.3, 0.4) is 0 Å². The Morgan fingerprint density at radius 2 is 1.20 bits per heavy atom. The predicted octanol–water partition coefficient (Wildman–Crippen LogP) is 8.62. The molecule has 2 aromatic heterocycles. The molecule has 6 nitrogen and oxygen atoms in total. The van der Waals surface area contributed by atoms with Crippen molar-refractivity contribution in [1.82, 2.24) is 0 Å². The maximum Gasteiger partial charge on any atom is 0.346 e. The van der Waals surface area contributed by atoms with Gasteiger partial charge in [0.2, 0.25) is 0 Å². The van der Waals surface area contributed by atoms with E-state index in [2.05, 4.69) is 41.3 Å². The number of hydrogen-bond donors (Lipinski definition) is 1. The highest BCUT2D eigenvalue weighted by atomic mass is 32.1. The van der Waals surface area contributed by atoms with E-state index >= 15 is 0 Å². The number of nitrogens with zero attached hydrogens (tertiary/aromatic N) is 2. The molecule has 0 radical (unpaired) electrons. The van der Waals surface area contributed by atoms with E-state index in [0.29, 0.717) is 0 Å². The molecular formula is C32H24N2O4S2. The highest BCUT2D eigenvalue weighted by Crippen LogP contribution is 2.40. The Labute approximate surface area is 240 Å². The predicted molar refractivity (Wildman–Crippen MR) is 162 cm³/mol. The molecule has 1 N–H and O–H groups in total. The van der Waals surface area contributed by atoms with Crippen LogP contribution in [0.1, 0.15) is 4.88 Å². The molecule has 0 bridgehead atoms. The van der Waals surface area contributed by atoms with Crippen LogP contribution in [0.15, 0.2) is 103 Å². The summed E-state index contributed by atoms with van der Waals surface area (Å²) in [5.41, 5.74) is 3.83. The van der Waals surface area contributed by atoms with Crippen molar-refractivity contribution in [2.24, 2.45) is 0 Å². The van der Waals surface area contributed by atoms with Crippen molar-refractivity contribution in [2.75, 3.05) is 19.1 Å². The lowest BCUT2D eigenvalue weighted by molar-refractivity contribution is -0.132. The Bertz CT molecular complexity index is 1650. The molecule has 0 unspecified atom stereocenters. The number of carbonyl (C=O) groups is 1. The quantitative estimate of drug-likeness (QED) is 0.143. The van der Waals surface area contributed by atoms with Gasteiger partial charge in [-0.3, -0.25) is 0 Å². The molecule has 0 aliphatic rings. The summed E-state index contributed by atoms with van der Waals surface area (Å²) in [7, 11) is 3.31. The number of ether oxygens (including phenoxy) is 2. The van der Waals surface area contributed by atoms with Gasteiger partial charge in [0, 0.05) is 36.6 Å². The van der Waals surface area contributed by atoms with Gasteiger partial charge in [0.15, 0.2) is 0 Å². The van der Waals surface area contributed by atoms with Crippen LogP contribution in [0.4, 0.5) is 17.1 Å². The number of anilines is 3. The summed E-state index contributed by atoms with van der Waals surface area (Å²) >= 11 is 3.12. The molecule has 0 aliphatic carbocycles. The molecule has 2 heterocycles. The smallest absolute Gasteiger partial charge is 0.346 e. The van der Waals surface area contributed by atoms with Crippen LogP contribution in [0.5, 0.6) is 11.5 Å². The fraction of sp³-hybridized carbons (Fsp3) is 0.0625. The molecule has 0 saturated heterocycles. The van der Waals surface area contributed by atoms with Crippen LogP contribution in [-0.4, -0.2) is 25.3 Å². The van der Waals surface area contributed by atoms with Gasteiger partial charge < -0.3 is 19.5 Å². The largest absolute Gasteiger partial charge is 0.497 e. The lowest BCUT2D eigenvalue weighted by atomic mass is 10.1. The molecule has 0 fully saturated rings. The van der Waals surface area contributed by atoms with Crippen molar-refractivity contribution in [2.45, 2.75) is 0 Å². The Balaban J connectivity index is 1.42. The first-order valence-corrected chi connectivity index (χ1v) is 13.9. The molecule has 198 valence electrons. The van der Waals surface area contributed by atoms with Crippen LogP contribution < -0.4 is 14.4 Å². The van der Waals surface area contributed by atoms with E-state index in [0.717, 1.165) is 53.6 Å². The zero-order chi connectivity index (χ0) is 28.1. The molecule has 3 aromatic carbocycles. The molecule has 8 heteroatoms. The average molecular weight is 565 g/mol. The minimum Gasteiger partial charge on any atom is -0.497 e. The third-order valence-corrected chi connectivity index (χ3v) is 8.55. The molecule has 0 aliphatic heterocycles. The Hall–Kier alpha value is -4.84. The Morgan fingerprint density at radius 3 is 1.70 bits per heavy atom. The number of nitriles is 1. The van der Waals surface area contributed by atoms with Crippen LogP contribution in [0.25, 0.3) is 26.3 Å². The van der Waals surface area contributed by atoms with E-state index in [1.165, 1.54) is 17.4 Å². The maximum absolute atomic E-state index is 11.2. The molecule has 0 saturated carbocycles. The zero-order valence-corrected chi connectivity index (χ0v) is 23.3. The van der Waals surface area contributed by atoms with Gasteiger partial charge in [-0.25, -0.2) is 4.79 Å². The van der Waals surface area contributed by atoms with E-state index < -0.39 is 5.97 Å². The number of hydrogen-bond acceptors (Lipinski definition) is 7. The van der Waals surface area contributed by atoms with Crippen LogP contribution >= 0.6 is 22.7 Å². The molecule has 0 atom stereocenters. The fourth-order valence-electron chi connectivity index (χ4n) is 4.16. The van der Waals surface area contributed by atoms with Crippen LogP contribution in [0.2, 0.25) is 0 Å². The number of carboxylic acid groups (broad SMARTS) is 1. The summed E-state index contributed by atoms with van der Waals surface area (Å²) in [4.78, 5) is 17.3. The summed E-state index contributed by atoms with van der Waals surface area (Å²) in [5, 5.41) is 18.1. The van der Waals surface area contributed by atoms with E-state index in [-0.39, 0.29) is 5.57 Å². The summed E-state index contributed by atoms with van der Waals surface area (Å²) in [6.45, 7) is 0. The van der Waals surface area contributed by atoms with E-state index in [1.54, 1.807) is 31.6 Å². The Morgan fingerprint density at radius 1 is 0.725 bits per heavy atom. The number of benzene rings is 3. The van der Waals surface area contributed by atoms with Crippen molar-refractivity contribution in [3.8, 4) is 37.8 Å². The number of carboxylic acids is 1. The first-order valence-electron chi connectivity index (χ1n) is 12.2. The minimum atomic E-state index is -1.23. The maximum atomic E-state index is 11.2. The number of rotatable bonds is 9. The van der Waals surface area contributed by atoms with Crippen molar-refractivity contribution in [3.63, 3.8) is 0 Å². The second kappa shape index (κ2) is 11.9. The van der Waals surface area contributed by atoms with Gasteiger partial charge in [-0.15, -0.1) is 22.7 Å². The van der Waals surface area contributed by atoms with Crippen molar-refractivity contribution in [3.05, 3.63) is 108 Å². The third-order valence-electron chi connectivity index (χ3n) is 6.18. The summed E-state index contributed by atoms with van der Waals surface area (Å²) in [5.74, 6) is 0.365. The lowest BCUT2D eigenvalue weighted by Crippen LogP contribution is -2.09. The van der Waals surface area contributed by atoms with Crippen LogP contribution in [0, 0.1) is 11.3 Å². The van der Waals surface area contributed by atoms with Gasteiger partial charge in [0.1, 0.15) is 23.1 Å². The number of thiophene rings is 2. The molecule has 40 heavy (non-hydrogen) atoms. The van der Waals surface area contributed by atoms with Gasteiger partial charge in [0.05, 0.1) is 14.2 Å². The van der Waals surface area contributed by atoms with Crippen molar-refractivity contribution in [1.29, 1.82) is 5.26 Å².